The first-order chi connectivity index (χ1) is 36.0. The summed E-state index contributed by atoms with van der Waals surface area (Å²) in [6, 6.07) is 0. The Hall–Kier alpha value is -3.15. The SMILES string of the molecule is CCCCCCCC/C=C\C/C=C\C/C=C\CCCC(=O)OC[C@H](COC(=O)CCCCCCCCCCCCCCCCCCCCCCC)OC(=O)CCC/C=C\C/C=C\C/C=C\CCCCCCCC. The molecular formula is C67H118O6. The second-order valence-corrected chi connectivity index (χ2v) is 21.0. The van der Waals surface area contributed by atoms with E-state index in [9.17, 15) is 14.4 Å². The molecule has 0 aromatic rings. The Morgan fingerprint density at radius 2 is 0.507 bits per heavy atom. The number of allylic oxidation sites excluding steroid dienone is 12. The van der Waals surface area contributed by atoms with Gasteiger partial charge in [0.25, 0.3) is 0 Å². The molecule has 0 heterocycles. The van der Waals surface area contributed by atoms with Crippen LogP contribution < -0.4 is 0 Å². The van der Waals surface area contributed by atoms with Crippen molar-refractivity contribution < 1.29 is 28.6 Å². The van der Waals surface area contributed by atoms with Crippen molar-refractivity contribution >= 4 is 17.9 Å². The fraction of sp³-hybridized carbons (Fsp3) is 0.776. The lowest BCUT2D eigenvalue weighted by Crippen LogP contribution is -2.30. The van der Waals surface area contributed by atoms with Crippen molar-refractivity contribution in [1.29, 1.82) is 0 Å². The molecule has 0 unspecified atom stereocenters. The van der Waals surface area contributed by atoms with E-state index in [0.29, 0.717) is 19.3 Å². The standard InChI is InChI=1S/C67H118O6/c1-4-7-10-13-16-19-22-25-28-31-32-33-34-37-39-42-45-48-51-54-57-60-66(69)72-63-64(73-67(70)61-58-55-52-49-46-43-40-36-30-27-24-21-18-15-12-9-6-3)62-71-65(68)59-56-53-50-47-44-41-38-35-29-26-23-20-17-14-11-8-5-2/h26-27,29-30,38,40-41,43,47,49-50,52,64H,4-25,28,31-37,39,42,44-46,48,51,53-63H2,1-3H3/b29-26-,30-27-,41-38-,43-40-,50-47-,52-49-/t64-/m1/s1. The molecule has 0 aromatic heterocycles. The lowest BCUT2D eigenvalue weighted by molar-refractivity contribution is -0.167. The maximum absolute atomic E-state index is 12.9. The van der Waals surface area contributed by atoms with E-state index in [-0.39, 0.29) is 44.0 Å². The van der Waals surface area contributed by atoms with E-state index < -0.39 is 6.10 Å². The smallest absolute Gasteiger partial charge is 0.306 e. The van der Waals surface area contributed by atoms with Gasteiger partial charge < -0.3 is 14.2 Å². The Morgan fingerprint density at radius 3 is 0.822 bits per heavy atom. The van der Waals surface area contributed by atoms with Gasteiger partial charge in [0.1, 0.15) is 13.2 Å². The quantitative estimate of drug-likeness (QED) is 0.0261. The molecule has 0 aliphatic rings. The average Bonchev–Trinajstić information content (AvgIpc) is 3.39. The van der Waals surface area contributed by atoms with Gasteiger partial charge in [-0.3, -0.25) is 14.4 Å². The van der Waals surface area contributed by atoms with Crippen LogP contribution in [0, 0.1) is 0 Å². The van der Waals surface area contributed by atoms with Crippen molar-refractivity contribution in [2.75, 3.05) is 13.2 Å². The number of unbranched alkanes of at least 4 members (excludes halogenated alkanes) is 34. The molecule has 0 rings (SSSR count). The van der Waals surface area contributed by atoms with Crippen LogP contribution in [-0.2, 0) is 28.6 Å². The summed E-state index contributed by atoms with van der Waals surface area (Å²) < 4.78 is 16.8. The van der Waals surface area contributed by atoms with E-state index in [0.717, 1.165) is 57.8 Å². The first-order valence-electron chi connectivity index (χ1n) is 31.4. The second kappa shape index (κ2) is 61.4. The summed E-state index contributed by atoms with van der Waals surface area (Å²) in [5.74, 6) is -1.00. The summed E-state index contributed by atoms with van der Waals surface area (Å²) >= 11 is 0. The third-order valence-corrected chi connectivity index (χ3v) is 13.7. The van der Waals surface area contributed by atoms with Crippen LogP contribution in [0.25, 0.3) is 0 Å². The average molecular weight is 1020 g/mol. The van der Waals surface area contributed by atoms with Gasteiger partial charge in [-0.25, -0.2) is 0 Å². The van der Waals surface area contributed by atoms with Crippen LogP contribution in [-0.4, -0.2) is 37.2 Å². The number of carbonyl (C=O) groups excluding carboxylic acids is 3. The van der Waals surface area contributed by atoms with Crippen LogP contribution in [0.5, 0.6) is 0 Å². The normalized spacial score (nSPS) is 12.5. The number of ether oxygens (including phenoxy) is 3. The maximum atomic E-state index is 12.9. The summed E-state index contributed by atoms with van der Waals surface area (Å²) in [4.78, 5) is 38.2. The zero-order valence-electron chi connectivity index (χ0n) is 48.4. The van der Waals surface area contributed by atoms with Crippen LogP contribution in [0.4, 0.5) is 0 Å². The Morgan fingerprint density at radius 1 is 0.274 bits per heavy atom. The van der Waals surface area contributed by atoms with Crippen molar-refractivity contribution in [2.45, 2.75) is 322 Å². The van der Waals surface area contributed by atoms with E-state index in [1.54, 1.807) is 0 Å². The molecular weight excluding hydrogens is 901 g/mol. The molecule has 0 saturated heterocycles. The topological polar surface area (TPSA) is 78.9 Å². The van der Waals surface area contributed by atoms with Gasteiger partial charge in [0.2, 0.25) is 0 Å². The largest absolute Gasteiger partial charge is 0.462 e. The lowest BCUT2D eigenvalue weighted by Gasteiger charge is -2.18. The third kappa shape index (κ3) is 59.6. The first-order valence-corrected chi connectivity index (χ1v) is 31.4. The predicted molar refractivity (Wildman–Crippen MR) is 316 cm³/mol. The minimum Gasteiger partial charge on any atom is -0.462 e. The van der Waals surface area contributed by atoms with Crippen molar-refractivity contribution in [3.8, 4) is 0 Å². The number of hydrogen-bond acceptors (Lipinski definition) is 6. The lowest BCUT2D eigenvalue weighted by atomic mass is 10.0. The Balaban J connectivity index is 4.46. The molecule has 0 amide bonds. The number of carbonyl (C=O) groups is 3. The number of esters is 3. The number of rotatable bonds is 57. The predicted octanol–water partition coefficient (Wildman–Crippen LogP) is 21.3. The minimum atomic E-state index is -0.822. The highest BCUT2D eigenvalue weighted by atomic mass is 16.6. The van der Waals surface area contributed by atoms with Gasteiger partial charge in [0.05, 0.1) is 0 Å². The molecule has 6 nitrogen and oxygen atoms in total. The van der Waals surface area contributed by atoms with E-state index in [1.807, 2.05) is 0 Å². The van der Waals surface area contributed by atoms with Gasteiger partial charge >= 0.3 is 17.9 Å². The van der Waals surface area contributed by atoms with Crippen LogP contribution in [0.1, 0.15) is 316 Å². The zero-order valence-corrected chi connectivity index (χ0v) is 48.4. The van der Waals surface area contributed by atoms with Gasteiger partial charge in [0, 0.05) is 19.3 Å². The molecule has 0 N–H and O–H groups in total. The Kier molecular flexibility index (Phi) is 58.7. The minimum absolute atomic E-state index is 0.108. The number of hydrogen-bond donors (Lipinski definition) is 0. The summed E-state index contributed by atoms with van der Waals surface area (Å²) in [5, 5.41) is 0. The highest BCUT2D eigenvalue weighted by molar-refractivity contribution is 5.71. The molecule has 0 aromatic carbocycles. The molecule has 0 aliphatic heterocycles. The van der Waals surface area contributed by atoms with E-state index >= 15 is 0 Å². The van der Waals surface area contributed by atoms with E-state index in [1.165, 1.54) is 205 Å². The van der Waals surface area contributed by atoms with Crippen molar-refractivity contribution in [1.82, 2.24) is 0 Å². The molecule has 0 aliphatic carbocycles. The van der Waals surface area contributed by atoms with Crippen molar-refractivity contribution in [3.63, 3.8) is 0 Å². The summed E-state index contributed by atoms with van der Waals surface area (Å²) in [6.45, 7) is 6.58. The van der Waals surface area contributed by atoms with Crippen LogP contribution in [0.3, 0.4) is 0 Å². The molecule has 0 bridgehead atoms. The molecule has 0 fully saturated rings. The fourth-order valence-electron chi connectivity index (χ4n) is 8.95. The van der Waals surface area contributed by atoms with Crippen molar-refractivity contribution in [3.05, 3.63) is 72.9 Å². The highest BCUT2D eigenvalue weighted by Crippen LogP contribution is 2.16. The van der Waals surface area contributed by atoms with Gasteiger partial charge in [-0.1, -0.05) is 286 Å². The van der Waals surface area contributed by atoms with Crippen LogP contribution in [0.15, 0.2) is 72.9 Å². The molecule has 1 atom stereocenters. The summed E-state index contributed by atoms with van der Waals surface area (Å²) in [6.07, 6.45) is 79.2. The summed E-state index contributed by atoms with van der Waals surface area (Å²) in [5.41, 5.74) is 0. The third-order valence-electron chi connectivity index (χ3n) is 13.7. The van der Waals surface area contributed by atoms with Crippen molar-refractivity contribution in [2.24, 2.45) is 0 Å². The van der Waals surface area contributed by atoms with E-state index in [4.69, 9.17) is 14.2 Å². The molecule has 0 saturated carbocycles. The summed E-state index contributed by atoms with van der Waals surface area (Å²) in [7, 11) is 0. The van der Waals surface area contributed by atoms with Gasteiger partial charge in [0.15, 0.2) is 6.10 Å². The zero-order chi connectivity index (χ0) is 52.9. The molecule has 0 radical (unpaired) electrons. The van der Waals surface area contributed by atoms with Gasteiger partial charge in [-0.05, 0) is 83.5 Å². The van der Waals surface area contributed by atoms with Gasteiger partial charge in [-0.15, -0.1) is 0 Å². The van der Waals surface area contributed by atoms with Crippen LogP contribution in [0.2, 0.25) is 0 Å². The molecule has 422 valence electrons. The molecule has 73 heavy (non-hydrogen) atoms. The molecule has 6 heteroatoms. The second-order valence-electron chi connectivity index (χ2n) is 21.0. The Labute approximate surface area is 453 Å². The maximum Gasteiger partial charge on any atom is 0.306 e. The van der Waals surface area contributed by atoms with Gasteiger partial charge in [-0.2, -0.15) is 0 Å². The first kappa shape index (κ1) is 69.8. The molecule has 0 spiro atoms. The fourth-order valence-corrected chi connectivity index (χ4v) is 8.95. The van der Waals surface area contributed by atoms with E-state index in [2.05, 4.69) is 93.7 Å². The monoisotopic (exact) mass is 1020 g/mol. The Bertz CT molecular complexity index is 1360. The van der Waals surface area contributed by atoms with Crippen LogP contribution >= 0.6 is 0 Å². The highest BCUT2D eigenvalue weighted by Gasteiger charge is 2.19.